The van der Waals surface area contributed by atoms with Crippen LogP contribution in [0.4, 0.5) is 0 Å². The van der Waals surface area contributed by atoms with Crippen LogP contribution in [0.1, 0.15) is 11.1 Å². The summed E-state index contributed by atoms with van der Waals surface area (Å²) in [4.78, 5) is 11.1. The van der Waals surface area contributed by atoms with Gasteiger partial charge in [0.25, 0.3) is 5.91 Å². The summed E-state index contributed by atoms with van der Waals surface area (Å²) < 4.78 is 0. The van der Waals surface area contributed by atoms with Crippen LogP contribution in [0.5, 0.6) is 0 Å². The predicted molar refractivity (Wildman–Crippen MR) is 55.2 cm³/mol. The van der Waals surface area contributed by atoms with Crippen LogP contribution < -0.4 is 17.0 Å². The van der Waals surface area contributed by atoms with Gasteiger partial charge < -0.3 is 5.73 Å². The maximum atomic E-state index is 11.1. The number of nitrogens with two attached hydrogens (primary N) is 2. The van der Waals surface area contributed by atoms with Gasteiger partial charge in [0, 0.05) is 0 Å². The third-order valence-corrected chi connectivity index (χ3v) is 2.18. The van der Waals surface area contributed by atoms with E-state index in [2.05, 4.69) is 0 Å². The molecule has 14 heavy (non-hydrogen) atoms. The van der Waals surface area contributed by atoms with Gasteiger partial charge in [-0.1, -0.05) is 24.3 Å². The Morgan fingerprint density at radius 2 is 2.14 bits per heavy atom. The van der Waals surface area contributed by atoms with Crippen molar-refractivity contribution in [2.45, 2.75) is 19.4 Å². The molecule has 0 aliphatic rings. The number of benzene rings is 1. The third kappa shape index (κ3) is 2.55. The lowest BCUT2D eigenvalue weighted by Gasteiger charge is -2.11. The van der Waals surface area contributed by atoms with Gasteiger partial charge in [-0.3, -0.25) is 10.2 Å². The van der Waals surface area contributed by atoms with Crippen molar-refractivity contribution in [3.05, 3.63) is 35.4 Å². The van der Waals surface area contributed by atoms with E-state index in [1.165, 1.54) is 0 Å². The first kappa shape index (κ1) is 10.7. The molecular weight excluding hydrogens is 178 g/mol. The second-order valence-electron chi connectivity index (χ2n) is 3.25. The lowest BCUT2D eigenvalue weighted by Crippen LogP contribution is -2.45. The summed E-state index contributed by atoms with van der Waals surface area (Å²) in [6, 6.07) is 7.24. The fourth-order valence-electron chi connectivity index (χ4n) is 1.28. The van der Waals surface area contributed by atoms with Crippen LogP contribution in [0.25, 0.3) is 0 Å². The van der Waals surface area contributed by atoms with Crippen LogP contribution in [0.2, 0.25) is 0 Å². The van der Waals surface area contributed by atoms with Gasteiger partial charge in [0.1, 0.15) is 0 Å². The zero-order chi connectivity index (χ0) is 10.6. The van der Waals surface area contributed by atoms with Gasteiger partial charge in [0.2, 0.25) is 0 Å². The topological polar surface area (TPSA) is 81.1 Å². The first-order chi connectivity index (χ1) is 6.65. The van der Waals surface area contributed by atoms with Crippen molar-refractivity contribution in [3.8, 4) is 0 Å². The number of hydrogen-bond acceptors (Lipinski definition) is 3. The second kappa shape index (κ2) is 4.74. The molecular formula is C10H15N3O. The summed E-state index contributed by atoms with van der Waals surface area (Å²) in [5, 5.41) is 0. The number of hydrogen-bond donors (Lipinski definition) is 3. The highest BCUT2D eigenvalue weighted by molar-refractivity contribution is 5.81. The average molecular weight is 193 g/mol. The summed E-state index contributed by atoms with van der Waals surface area (Å²) in [6.07, 6.45) is 0.510. The Hall–Kier alpha value is -1.39. The summed E-state index contributed by atoms with van der Waals surface area (Å²) in [7, 11) is 0. The van der Waals surface area contributed by atoms with E-state index in [-0.39, 0.29) is 5.91 Å². The predicted octanol–water partition coefficient (Wildman–Crippen LogP) is -0.145. The summed E-state index contributed by atoms with van der Waals surface area (Å²) in [5.74, 6) is 4.65. The molecule has 0 radical (unpaired) electrons. The highest BCUT2D eigenvalue weighted by Gasteiger charge is 2.12. The van der Waals surface area contributed by atoms with Crippen molar-refractivity contribution in [1.82, 2.24) is 5.43 Å². The van der Waals surface area contributed by atoms with Gasteiger partial charge >= 0.3 is 0 Å². The van der Waals surface area contributed by atoms with Crippen LogP contribution in [0.15, 0.2) is 24.3 Å². The van der Waals surface area contributed by atoms with E-state index in [1.807, 2.05) is 36.6 Å². The van der Waals surface area contributed by atoms with Crippen LogP contribution in [0, 0.1) is 6.92 Å². The molecule has 1 aromatic rings. The SMILES string of the molecule is Cc1ccccc1CC(N)C(=O)NN. The Labute approximate surface area is 83.3 Å². The molecule has 76 valence electrons. The molecule has 0 saturated carbocycles. The number of amides is 1. The summed E-state index contributed by atoms with van der Waals surface area (Å²) in [6.45, 7) is 1.99. The molecule has 0 heterocycles. The maximum Gasteiger partial charge on any atom is 0.251 e. The van der Waals surface area contributed by atoms with Gasteiger partial charge in [-0.2, -0.15) is 0 Å². The van der Waals surface area contributed by atoms with Crippen molar-refractivity contribution >= 4 is 5.91 Å². The van der Waals surface area contributed by atoms with E-state index in [9.17, 15) is 4.79 Å². The Balaban J connectivity index is 2.69. The molecule has 0 aromatic heterocycles. The number of aryl methyl sites for hydroxylation is 1. The van der Waals surface area contributed by atoms with E-state index < -0.39 is 6.04 Å². The lowest BCUT2D eigenvalue weighted by molar-refractivity contribution is -0.122. The number of carbonyl (C=O) groups is 1. The first-order valence-corrected chi connectivity index (χ1v) is 4.45. The van der Waals surface area contributed by atoms with Crippen LogP contribution >= 0.6 is 0 Å². The van der Waals surface area contributed by atoms with E-state index in [0.717, 1.165) is 11.1 Å². The van der Waals surface area contributed by atoms with Gasteiger partial charge in [-0.15, -0.1) is 0 Å². The number of nitrogens with one attached hydrogen (secondary N) is 1. The number of carbonyl (C=O) groups excluding carboxylic acids is 1. The normalized spacial score (nSPS) is 12.2. The zero-order valence-corrected chi connectivity index (χ0v) is 8.16. The van der Waals surface area contributed by atoms with Crippen molar-refractivity contribution in [3.63, 3.8) is 0 Å². The van der Waals surface area contributed by atoms with E-state index in [1.54, 1.807) is 0 Å². The third-order valence-electron chi connectivity index (χ3n) is 2.18. The first-order valence-electron chi connectivity index (χ1n) is 4.45. The molecule has 1 rings (SSSR count). The second-order valence-corrected chi connectivity index (χ2v) is 3.25. The number of rotatable bonds is 3. The summed E-state index contributed by atoms with van der Waals surface area (Å²) >= 11 is 0. The van der Waals surface area contributed by atoms with Crippen LogP contribution in [-0.2, 0) is 11.2 Å². The standard InChI is InChI=1S/C10H15N3O/c1-7-4-2-3-5-8(7)6-9(11)10(14)13-12/h2-5,9H,6,11-12H2,1H3,(H,13,14). The molecule has 0 aliphatic heterocycles. The smallest absolute Gasteiger partial charge is 0.251 e. The Bertz CT molecular complexity index is 325. The van der Waals surface area contributed by atoms with E-state index in [0.29, 0.717) is 6.42 Å². The minimum Gasteiger partial charge on any atom is -0.320 e. The van der Waals surface area contributed by atoms with E-state index >= 15 is 0 Å². The molecule has 0 saturated heterocycles. The number of hydrazine groups is 1. The monoisotopic (exact) mass is 193 g/mol. The minimum absolute atomic E-state index is 0.340. The molecule has 1 atom stereocenters. The molecule has 4 heteroatoms. The molecule has 1 amide bonds. The largest absolute Gasteiger partial charge is 0.320 e. The van der Waals surface area contributed by atoms with Crippen molar-refractivity contribution < 1.29 is 4.79 Å². The van der Waals surface area contributed by atoms with Crippen molar-refractivity contribution in [1.29, 1.82) is 0 Å². The molecule has 1 unspecified atom stereocenters. The summed E-state index contributed by atoms with van der Waals surface area (Å²) in [5.41, 5.74) is 9.88. The highest BCUT2D eigenvalue weighted by atomic mass is 16.2. The van der Waals surface area contributed by atoms with Gasteiger partial charge in [-0.25, -0.2) is 5.84 Å². The maximum absolute atomic E-state index is 11.1. The molecule has 0 bridgehead atoms. The highest BCUT2D eigenvalue weighted by Crippen LogP contribution is 2.08. The van der Waals surface area contributed by atoms with Gasteiger partial charge in [-0.05, 0) is 24.5 Å². The van der Waals surface area contributed by atoms with Gasteiger partial charge in [0.15, 0.2) is 0 Å². The molecule has 0 aliphatic carbocycles. The molecule has 4 nitrogen and oxygen atoms in total. The van der Waals surface area contributed by atoms with E-state index in [4.69, 9.17) is 11.6 Å². The Kier molecular flexibility index (Phi) is 3.62. The average Bonchev–Trinajstić information content (AvgIpc) is 2.20. The van der Waals surface area contributed by atoms with Crippen molar-refractivity contribution in [2.24, 2.45) is 11.6 Å². The van der Waals surface area contributed by atoms with Crippen molar-refractivity contribution in [2.75, 3.05) is 0 Å². The Morgan fingerprint density at radius 1 is 1.50 bits per heavy atom. The Morgan fingerprint density at radius 3 is 2.71 bits per heavy atom. The van der Waals surface area contributed by atoms with Gasteiger partial charge in [0.05, 0.1) is 6.04 Å². The zero-order valence-electron chi connectivity index (χ0n) is 8.16. The lowest BCUT2D eigenvalue weighted by atomic mass is 10.0. The fraction of sp³-hybridized carbons (Fsp3) is 0.300. The molecule has 0 fully saturated rings. The fourth-order valence-corrected chi connectivity index (χ4v) is 1.28. The minimum atomic E-state index is -0.582. The molecule has 1 aromatic carbocycles. The molecule has 0 spiro atoms. The molecule has 5 N–H and O–H groups in total. The quantitative estimate of drug-likeness (QED) is 0.355. The van der Waals surface area contributed by atoms with Crippen LogP contribution in [-0.4, -0.2) is 11.9 Å². The van der Waals surface area contributed by atoms with Crippen LogP contribution in [0.3, 0.4) is 0 Å².